The van der Waals surface area contributed by atoms with Gasteiger partial charge in [-0.25, -0.2) is 4.98 Å². The van der Waals surface area contributed by atoms with Crippen LogP contribution < -0.4 is 5.32 Å². The fraction of sp³-hybridized carbons (Fsp3) is 0.500. The molecule has 0 unspecified atom stereocenters. The molecule has 0 bridgehead atoms. The summed E-state index contributed by atoms with van der Waals surface area (Å²) in [6.07, 6.45) is 0. The summed E-state index contributed by atoms with van der Waals surface area (Å²) in [5.41, 5.74) is 0.748. The molecular weight excluding hydrogens is 188 g/mol. The first-order valence-electron chi connectivity index (χ1n) is 3.98. The number of aliphatic hydroxyl groups is 1. The molecule has 0 spiro atoms. The van der Waals surface area contributed by atoms with Crippen LogP contribution in [0.3, 0.4) is 0 Å². The number of anilines is 1. The van der Waals surface area contributed by atoms with Crippen LogP contribution in [0, 0.1) is 6.92 Å². The van der Waals surface area contributed by atoms with Crippen LogP contribution in [0.5, 0.6) is 0 Å². The van der Waals surface area contributed by atoms with E-state index in [2.05, 4.69) is 10.3 Å². The van der Waals surface area contributed by atoms with Crippen molar-refractivity contribution >= 4 is 22.3 Å². The second-order valence-corrected chi connectivity index (χ2v) is 3.64. The normalized spacial score (nSPS) is 10.1. The van der Waals surface area contributed by atoms with Gasteiger partial charge in [0.2, 0.25) is 0 Å². The molecule has 0 amide bonds. The summed E-state index contributed by atoms with van der Waals surface area (Å²) in [6.45, 7) is 3.85. The molecular formula is C8H12N2O2S. The molecule has 0 saturated heterocycles. The zero-order valence-corrected chi connectivity index (χ0v) is 8.44. The molecule has 2 N–H and O–H groups in total. The average Bonchev–Trinajstić information content (AvgIpc) is 2.43. The molecule has 0 atom stereocenters. The van der Waals surface area contributed by atoms with Crippen molar-refractivity contribution in [2.75, 3.05) is 18.5 Å². The summed E-state index contributed by atoms with van der Waals surface area (Å²) in [4.78, 5) is 15.9. The van der Waals surface area contributed by atoms with Crippen LogP contribution in [-0.4, -0.2) is 29.0 Å². The molecule has 0 aliphatic carbocycles. The number of aryl methyl sites for hydroxylation is 1. The third kappa shape index (κ3) is 2.50. The highest BCUT2D eigenvalue weighted by Crippen LogP contribution is 2.22. The summed E-state index contributed by atoms with van der Waals surface area (Å²) in [5, 5.41) is 12.2. The van der Waals surface area contributed by atoms with Gasteiger partial charge in [0, 0.05) is 13.5 Å². The van der Waals surface area contributed by atoms with Crippen molar-refractivity contribution in [3.63, 3.8) is 0 Å². The number of carbonyl (C=O) groups is 1. The van der Waals surface area contributed by atoms with E-state index in [1.165, 1.54) is 18.3 Å². The SMILES string of the molecule is CC(=O)c1sc(NCCO)nc1C. The number of nitrogens with zero attached hydrogens (tertiary/aromatic N) is 1. The van der Waals surface area contributed by atoms with Gasteiger partial charge in [0.25, 0.3) is 0 Å². The molecule has 0 aliphatic heterocycles. The van der Waals surface area contributed by atoms with Crippen LogP contribution in [0.4, 0.5) is 5.13 Å². The van der Waals surface area contributed by atoms with E-state index in [9.17, 15) is 4.79 Å². The molecule has 0 aliphatic rings. The maximum Gasteiger partial charge on any atom is 0.183 e. The zero-order chi connectivity index (χ0) is 9.84. The smallest absolute Gasteiger partial charge is 0.183 e. The van der Waals surface area contributed by atoms with Crippen LogP contribution in [0.1, 0.15) is 22.3 Å². The van der Waals surface area contributed by atoms with E-state index < -0.39 is 0 Å². The van der Waals surface area contributed by atoms with E-state index in [0.717, 1.165) is 5.69 Å². The minimum absolute atomic E-state index is 0.0343. The summed E-state index contributed by atoms with van der Waals surface area (Å²) < 4.78 is 0. The number of carbonyl (C=O) groups excluding carboxylic acids is 1. The number of ketones is 1. The molecule has 72 valence electrons. The lowest BCUT2D eigenvalue weighted by molar-refractivity contribution is 0.102. The molecule has 1 heterocycles. The van der Waals surface area contributed by atoms with Gasteiger partial charge in [-0.15, -0.1) is 0 Å². The van der Waals surface area contributed by atoms with Gasteiger partial charge in [-0.05, 0) is 6.92 Å². The van der Waals surface area contributed by atoms with Crippen LogP contribution >= 0.6 is 11.3 Å². The predicted octanol–water partition coefficient (Wildman–Crippen LogP) is 1.06. The Morgan fingerprint density at radius 3 is 2.85 bits per heavy atom. The molecule has 0 aromatic carbocycles. The van der Waals surface area contributed by atoms with Gasteiger partial charge >= 0.3 is 0 Å². The number of hydrogen-bond donors (Lipinski definition) is 2. The van der Waals surface area contributed by atoms with Crippen molar-refractivity contribution in [1.29, 1.82) is 0 Å². The number of nitrogens with one attached hydrogen (secondary N) is 1. The van der Waals surface area contributed by atoms with Gasteiger partial charge in [-0.2, -0.15) is 0 Å². The topological polar surface area (TPSA) is 62.2 Å². The lowest BCUT2D eigenvalue weighted by Crippen LogP contribution is -2.04. The summed E-state index contributed by atoms with van der Waals surface area (Å²) >= 11 is 1.32. The summed E-state index contributed by atoms with van der Waals surface area (Å²) in [7, 11) is 0. The maximum atomic E-state index is 11.0. The van der Waals surface area contributed by atoms with E-state index in [-0.39, 0.29) is 12.4 Å². The number of Topliss-reactive ketones (excluding diaryl/α,β-unsaturated/α-hetero) is 1. The van der Waals surface area contributed by atoms with E-state index >= 15 is 0 Å². The van der Waals surface area contributed by atoms with E-state index in [1.54, 1.807) is 6.92 Å². The van der Waals surface area contributed by atoms with Crippen LogP contribution in [-0.2, 0) is 0 Å². The first kappa shape index (κ1) is 10.1. The zero-order valence-electron chi connectivity index (χ0n) is 7.63. The highest BCUT2D eigenvalue weighted by Gasteiger charge is 2.10. The summed E-state index contributed by atoms with van der Waals surface area (Å²) in [5.74, 6) is 0.0343. The van der Waals surface area contributed by atoms with Gasteiger partial charge in [-0.3, -0.25) is 4.79 Å². The molecule has 5 heteroatoms. The van der Waals surface area contributed by atoms with Gasteiger partial charge in [0.05, 0.1) is 17.2 Å². The summed E-state index contributed by atoms with van der Waals surface area (Å²) in [6, 6.07) is 0. The van der Waals surface area contributed by atoms with Crippen molar-refractivity contribution < 1.29 is 9.90 Å². The fourth-order valence-electron chi connectivity index (χ4n) is 0.962. The Labute approximate surface area is 80.6 Å². The Morgan fingerprint density at radius 2 is 2.38 bits per heavy atom. The molecule has 1 aromatic heterocycles. The van der Waals surface area contributed by atoms with Gasteiger partial charge in [0.15, 0.2) is 10.9 Å². The average molecular weight is 200 g/mol. The van der Waals surface area contributed by atoms with Gasteiger partial charge in [-0.1, -0.05) is 11.3 Å². The largest absolute Gasteiger partial charge is 0.395 e. The Morgan fingerprint density at radius 1 is 1.69 bits per heavy atom. The quantitative estimate of drug-likeness (QED) is 0.713. The van der Waals surface area contributed by atoms with E-state index in [4.69, 9.17) is 5.11 Å². The minimum atomic E-state index is 0.0343. The van der Waals surface area contributed by atoms with Crippen molar-refractivity contribution in [3.8, 4) is 0 Å². The maximum absolute atomic E-state index is 11.0. The third-order valence-electron chi connectivity index (χ3n) is 1.50. The van der Waals surface area contributed by atoms with Crippen LogP contribution in [0.15, 0.2) is 0 Å². The van der Waals surface area contributed by atoms with Gasteiger partial charge < -0.3 is 10.4 Å². The first-order chi connectivity index (χ1) is 6.15. The molecule has 0 radical (unpaired) electrons. The second-order valence-electron chi connectivity index (χ2n) is 2.64. The number of aliphatic hydroxyl groups excluding tert-OH is 1. The van der Waals surface area contributed by atoms with Crippen LogP contribution in [0.2, 0.25) is 0 Å². The Balaban J connectivity index is 2.76. The number of hydrogen-bond acceptors (Lipinski definition) is 5. The highest BCUT2D eigenvalue weighted by atomic mass is 32.1. The van der Waals surface area contributed by atoms with Crippen molar-refractivity contribution in [2.45, 2.75) is 13.8 Å². The Hall–Kier alpha value is -0.940. The van der Waals surface area contributed by atoms with Crippen molar-refractivity contribution in [2.24, 2.45) is 0 Å². The minimum Gasteiger partial charge on any atom is -0.395 e. The van der Waals surface area contributed by atoms with Crippen molar-refractivity contribution in [3.05, 3.63) is 10.6 Å². The molecule has 1 rings (SSSR count). The lowest BCUT2D eigenvalue weighted by atomic mass is 10.3. The molecule has 4 nitrogen and oxygen atoms in total. The second kappa shape index (κ2) is 4.34. The van der Waals surface area contributed by atoms with Crippen LogP contribution in [0.25, 0.3) is 0 Å². The number of aromatic nitrogens is 1. The molecule has 1 aromatic rings. The number of rotatable bonds is 4. The highest BCUT2D eigenvalue weighted by molar-refractivity contribution is 7.17. The Kier molecular flexibility index (Phi) is 3.39. The third-order valence-corrected chi connectivity index (χ3v) is 2.72. The molecule has 0 saturated carbocycles. The standard InChI is InChI=1S/C8H12N2O2S/c1-5-7(6(2)12)13-8(10-5)9-3-4-11/h11H,3-4H2,1-2H3,(H,9,10). The molecule has 0 fully saturated rings. The van der Waals surface area contributed by atoms with E-state index in [0.29, 0.717) is 16.6 Å². The Bertz CT molecular complexity index is 309. The lowest BCUT2D eigenvalue weighted by Gasteiger charge is -1.95. The van der Waals surface area contributed by atoms with Crippen molar-refractivity contribution in [1.82, 2.24) is 4.98 Å². The number of thiazole rings is 1. The monoisotopic (exact) mass is 200 g/mol. The first-order valence-corrected chi connectivity index (χ1v) is 4.80. The predicted molar refractivity (Wildman–Crippen MR) is 52.4 cm³/mol. The molecule has 13 heavy (non-hydrogen) atoms. The fourth-order valence-corrected chi connectivity index (χ4v) is 1.85. The van der Waals surface area contributed by atoms with E-state index in [1.807, 2.05) is 0 Å². The van der Waals surface area contributed by atoms with Gasteiger partial charge in [0.1, 0.15) is 0 Å².